The van der Waals surface area contributed by atoms with Gasteiger partial charge >= 0.3 is 5.97 Å². The summed E-state index contributed by atoms with van der Waals surface area (Å²) in [6.07, 6.45) is 4.49. The van der Waals surface area contributed by atoms with Gasteiger partial charge in [-0.25, -0.2) is 0 Å². The number of morpholine rings is 1. The maximum Gasteiger partial charge on any atom is 0.313 e. The molecule has 2 unspecified atom stereocenters. The zero-order valence-electron chi connectivity index (χ0n) is 24.5. The summed E-state index contributed by atoms with van der Waals surface area (Å²) in [5.41, 5.74) is -1.21. The molecule has 2 amide bonds. The zero-order chi connectivity index (χ0) is 29.9. The molecule has 1 aromatic carbocycles. The van der Waals surface area contributed by atoms with Gasteiger partial charge in [0.25, 0.3) is 0 Å². The van der Waals surface area contributed by atoms with Gasteiger partial charge in [-0.05, 0) is 31.7 Å². The van der Waals surface area contributed by atoms with Crippen LogP contribution in [-0.2, 0) is 35.0 Å². The summed E-state index contributed by atoms with van der Waals surface area (Å²) in [5, 5.41) is 10.7. The van der Waals surface area contributed by atoms with Gasteiger partial charge in [0.1, 0.15) is 24.2 Å². The van der Waals surface area contributed by atoms with Crippen molar-refractivity contribution in [3.63, 3.8) is 0 Å². The number of aliphatic hydroxyl groups excluding tert-OH is 1. The van der Waals surface area contributed by atoms with Gasteiger partial charge < -0.3 is 29.1 Å². The molecule has 4 aliphatic heterocycles. The summed E-state index contributed by atoms with van der Waals surface area (Å²) in [4.78, 5) is 48.1. The van der Waals surface area contributed by atoms with Crippen LogP contribution in [-0.4, -0.2) is 120 Å². The summed E-state index contributed by atoms with van der Waals surface area (Å²) < 4.78 is 17.7. The Kier molecular flexibility index (Phi) is 9.17. The summed E-state index contributed by atoms with van der Waals surface area (Å²) in [5.74, 6) is -2.88. The molecule has 0 aliphatic carbocycles. The van der Waals surface area contributed by atoms with Gasteiger partial charge in [0.05, 0.1) is 37.4 Å². The topological polar surface area (TPSA) is 109 Å². The SMILES string of the molecule is C=CCOC(=O)[C@@H]1[C@H]2C(=O)N([C@@H](CO)Cc3ccccc3)C(C(=O)N(CC=C)CCN3CCOCC3)C23CC[C@@]1(C)O3. The van der Waals surface area contributed by atoms with E-state index in [0.717, 1.165) is 18.7 Å². The van der Waals surface area contributed by atoms with E-state index in [4.69, 9.17) is 14.2 Å². The minimum Gasteiger partial charge on any atom is -0.461 e. The fourth-order valence-corrected chi connectivity index (χ4v) is 7.47. The maximum atomic E-state index is 14.7. The molecule has 1 N–H and O–H groups in total. The Balaban J connectivity index is 1.52. The first-order valence-corrected chi connectivity index (χ1v) is 14.9. The highest BCUT2D eigenvalue weighted by molar-refractivity contribution is 5.98. The van der Waals surface area contributed by atoms with Crippen molar-refractivity contribution in [2.75, 3.05) is 59.2 Å². The number of aliphatic hydroxyl groups is 1. The molecule has 6 atom stereocenters. The lowest BCUT2D eigenvalue weighted by Gasteiger charge is -2.40. The third kappa shape index (κ3) is 5.41. The fourth-order valence-electron chi connectivity index (χ4n) is 7.47. The van der Waals surface area contributed by atoms with Gasteiger partial charge in [-0.15, -0.1) is 6.58 Å². The predicted octanol–water partition coefficient (Wildman–Crippen LogP) is 1.43. The molecule has 0 saturated carbocycles. The second-order valence-corrected chi connectivity index (χ2v) is 11.9. The van der Waals surface area contributed by atoms with E-state index in [1.807, 2.05) is 37.3 Å². The van der Waals surface area contributed by atoms with Crippen LogP contribution in [0.15, 0.2) is 55.6 Å². The van der Waals surface area contributed by atoms with Crippen molar-refractivity contribution < 1.29 is 33.7 Å². The van der Waals surface area contributed by atoms with E-state index < -0.39 is 41.1 Å². The molecule has 4 heterocycles. The van der Waals surface area contributed by atoms with E-state index in [9.17, 15) is 19.5 Å². The summed E-state index contributed by atoms with van der Waals surface area (Å²) in [6.45, 7) is 13.3. The van der Waals surface area contributed by atoms with Gasteiger partial charge in [-0.2, -0.15) is 0 Å². The quantitative estimate of drug-likeness (QED) is 0.275. The minimum absolute atomic E-state index is 0.0212. The molecule has 0 aromatic heterocycles. The molecule has 1 spiro atoms. The minimum atomic E-state index is -1.21. The number of ether oxygens (including phenoxy) is 3. The van der Waals surface area contributed by atoms with E-state index in [-0.39, 0.29) is 25.0 Å². The van der Waals surface area contributed by atoms with Gasteiger partial charge in [-0.1, -0.05) is 49.1 Å². The molecule has 0 radical (unpaired) electrons. The third-order valence-corrected chi connectivity index (χ3v) is 9.42. The summed E-state index contributed by atoms with van der Waals surface area (Å²) >= 11 is 0. The van der Waals surface area contributed by atoms with E-state index in [1.165, 1.54) is 11.0 Å². The van der Waals surface area contributed by atoms with Crippen LogP contribution in [0, 0.1) is 11.8 Å². The van der Waals surface area contributed by atoms with Crippen molar-refractivity contribution in [3.8, 4) is 0 Å². The highest BCUT2D eigenvalue weighted by Gasteiger charge is 2.79. The van der Waals surface area contributed by atoms with Crippen molar-refractivity contribution >= 4 is 17.8 Å². The number of amides is 2. The Morgan fingerprint density at radius 2 is 1.93 bits per heavy atom. The molecule has 228 valence electrons. The molecule has 10 nitrogen and oxygen atoms in total. The van der Waals surface area contributed by atoms with Crippen LogP contribution in [0.1, 0.15) is 25.3 Å². The van der Waals surface area contributed by atoms with E-state index in [0.29, 0.717) is 52.1 Å². The number of benzene rings is 1. The average Bonchev–Trinajstić information content (AvgIpc) is 3.58. The number of hydrogen-bond donors (Lipinski definition) is 1. The number of rotatable bonds is 13. The Morgan fingerprint density at radius 1 is 1.19 bits per heavy atom. The first-order chi connectivity index (χ1) is 20.3. The van der Waals surface area contributed by atoms with E-state index in [2.05, 4.69) is 18.1 Å². The lowest BCUT2D eigenvalue weighted by atomic mass is 9.66. The molecule has 1 aromatic rings. The normalized spacial score (nSPS) is 31.0. The Labute approximate surface area is 247 Å². The molecule has 5 rings (SSSR count). The van der Waals surface area contributed by atoms with Crippen LogP contribution in [0.2, 0.25) is 0 Å². The molecule has 4 saturated heterocycles. The Bertz CT molecular complexity index is 1170. The van der Waals surface area contributed by atoms with Gasteiger partial charge in [0, 0.05) is 32.7 Å². The standard InChI is InChI=1S/C32H43N3O7/c1-4-13-34(15-14-33-16-19-40-20-17-33)29(38)27-32-12-11-31(3,42-32)26(30(39)41-18-5-2)25(32)28(37)35(27)24(22-36)21-23-9-7-6-8-10-23/h4-10,24-27,36H,1-2,11-22H2,3H3/t24-,25+,26+,27?,31-,32?/m1/s1. The van der Waals surface area contributed by atoms with Crippen molar-refractivity contribution in [3.05, 3.63) is 61.2 Å². The van der Waals surface area contributed by atoms with E-state index in [1.54, 1.807) is 11.0 Å². The molecule has 42 heavy (non-hydrogen) atoms. The maximum absolute atomic E-state index is 14.7. The largest absolute Gasteiger partial charge is 0.461 e. The summed E-state index contributed by atoms with van der Waals surface area (Å²) in [7, 11) is 0. The first kappa shape index (κ1) is 30.4. The zero-order valence-corrected chi connectivity index (χ0v) is 24.5. The molecule has 10 heteroatoms. The highest BCUT2D eigenvalue weighted by Crippen LogP contribution is 2.63. The van der Waals surface area contributed by atoms with Crippen molar-refractivity contribution in [2.45, 2.75) is 49.5 Å². The van der Waals surface area contributed by atoms with E-state index >= 15 is 0 Å². The molecule has 2 bridgehead atoms. The molecule has 4 aliphatic rings. The van der Waals surface area contributed by atoms with Crippen LogP contribution in [0.5, 0.6) is 0 Å². The molecule has 4 fully saturated rings. The fraction of sp³-hybridized carbons (Fsp3) is 0.594. The van der Waals surface area contributed by atoms with Gasteiger partial charge in [-0.3, -0.25) is 19.3 Å². The van der Waals surface area contributed by atoms with Crippen molar-refractivity contribution in [1.82, 2.24) is 14.7 Å². The number of fused-ring (bicyclic) bond motifs is 1. The third-order valence-electron chi connectivity index (χ3n) is 9.42. The highest BCUT2D eigenvalue weighted by atomic mass is 16.6. The second kappa shape index (κ2) is 12.7. The molecular weight excluding hydrogens is 538 g/mol. The Hall–Kier alpha value is -3.05. The summed E-state index contributed by atoms with van der Waals surface area (Å²) in [6, 6.07) is 7.90. The van der Waals surface area contributed by atoms with Crippen LogP contribution in [0.3, 0.4) is 0 Å². The monoisotopic (exact) mass is 581 g/mol. The van der Waals surface area contributed by atoms with Crippen molar-refractivity contribution in [1.29, 1.82) is 0 Å². The number of hydrogen-bond acceptors (Lipinski definition) is 8. The number of likely N-dealkylation sites (tertiary alicyclic amines) is 1. The second-order valence-electron chi connectivity index (χ2n) is 11.9. The number of carbonyl (C=O) groups excluding carboxylic acids is 3. The smallest absolute Gasteiger partial charge is 0.313 e. The lowest BCUT2D eigenvalue weighted by Crippen LogP contribution is -2.60. The van der Waals surface area contributed by atoms with Gasteiger partial charge in [0.2, 0.25) is 11.8 Å². The van der Waals surface area contributed by atoms with Gasteiger partial charge in [0.15, 0.2) is 0 Å². The number of carbonyl (C=O) groups is 3. The Morgan fingerprint density at radius 3 is 2.60 bits per heavy atom. The van der Waals surface area contributed by atoms with Crippen LogP contribution in [0.4, 0.5) is 0 Å². The van der Waals surface area contributed by atoms with Crippen LogP contribution >= 0.6 is 0 Å². The first-order valence-electron chi connectivity index (χ1n) is 14.9. The average molecular weight is 582 g/mol. The number of esters is 1. The number of nitrogens with zero attached hydrogens (tertiary/aromatic N) is 3. The van der Waals surface area contributed by atoms with Crippen molar-refractivity contribution in [2.24, 2.45) is 11.8 Å². The van der Waals surface area contributed by atoms with Crippen LogP contribution in [0.25, 0.3) is 0 Å². The predicted molar refractivity (Wildman–Crippen MR) is 155 cm³/mol. The molecular formula is C32H43N3O7. The van der Waals surface area contributed by atoms with Crippen LogP contribution < -0.4 is 0 Å². The lowest BCUT2D eigenvalue weighted by molar-refractivity contribution is -0.161.